The van der Waals surface area contributed by atoms with Gasteiger partial charge in [0.15, 0.2) is 12.0 Å². The zero-order valence-corrected chi connectivity index (χ0v) is 26.1. The number of amides is 1. The monoisotopic (exact) mass is 675 g/mol. The quantitative estimate of drug-likeness (QED) is 0.149. The molecule has 1 heterocycles. The van der Waals surface area contributed by atoms with Crippen LogP contribution in [0.5, 0.6) is 5.75 Å². The van der Waals surface area contributed by atoms with E-state index in [9.17, 15) is 23.1 Å². The van der Waals surface area contributed by atoms with Crippen LogP contribution in [0.1, 0.15) is 56.1 Å². The number of nitrogens with one attached hydrogen (secondary N) is 2. The Morgan fingerprint density at radius 1 is 1.11 bits per heavy atom. The van der Waals surface area contributed by atoms with Gasteiger partial charge in [-0.05, 0) is 47.7 Å². The number of alkyl halides is 3. The van der Waals surface area contributed by atoms with Gasteiger partial charge in [-0.15, -0.1) is 13.2 Å². The highest BCUT2D eigenvalue weighted by molar-refractivity contribution is 6.31. The number of hydrogen-bond donors (Lipinski definition) is 4. The van der Waals surface area contributed by atoms with E-state index in [-0.39, 0.29) is 33.2 Å². The molecule has 3 aromatic rings. The summed E-state index contributed by atoms with van der Waals surface area (Å²) >= 11 is 12.2. The van der Waals surface area contributed by atoms with Gasteiger partial charge in [0.2, 0.25) is 5.91 Å². The van der Waals surface area contributed by atoms with Gasteiger partial charge in [0.05, 0.1) is 22.3 Å². The van der Waals surface area contributed by atoms with Crippen LogP contribution in [0.15, 0.2) is 54.6 Å². The number of rotatable bonds is 8. The third-order valence-corrected chi connectivity index (χ3v) is 8.14. The van der Waals surface area contributed by atoms with E-state index >= 15 is 8.78 Å². The summed E-state index contributed by atoms with van der Waals surface area (Å²) in [4.78, 5) is 14.0. The highest BCUT2D eigenvalue weighted by Crippen LogP contribution is 2.50. The number of hydrogen-bond acceptors (Lipinski definition) is 6. The SMILES string of the molecule is COC(O)c1ccc(NC(=O)[C@@H]2N[C@@H](CC(C)(C)C)[C@](N)(c3ccc(Cl)cc3F)[C@H]2c2cccc(Cl)c2F)c(OC(F)(F)F)c1. The Balaban J connectivity index is 1.89. The number of ether oxygens (including phenoxy) is 2. The Kier molecular flexibility index (Phi) is 10.1. The van der Waals surface area contributed by atoms with Crippen molar-refractivity contribution in [3.8, 4) is 5.75 Å². The number of anilines is 1. The van der Waals surface area contributed by atoms with Gasteiger partial charge in [0.1, 0.15) is 11.6 Å². The number of carbonyl (C=O) groups is 1. The fraction of sp³-hybridized carbons (Fsp3) is 0.387. The first-order valence-electron chi connectivity index (χ1n) is 13.7. The van der Waals surface area contributed by atoms with Crippen molar-refractivity contribution in [1.29, 1.82) is 0 Å². The number of aliphatic hydroxyl groups excluding tert-OH is 1. The van der Waals surface area contributed by atoms with Crippen LogP contribution in [-0.4, -0.2) is 36.6 Å². The van der Waals surface area contributed by atoms with E-state index < -0.39 is 70.6 Å². The van der Waals surface area contributed by atoms with Crippen LogP contribution in [0, 0.1) is 17.0 Å². The fourth-order valence-electron chi connectivity index (χ4n) is 5.76. The zero-order valence-electron chi connectivity index (χ0n) is 24.6. The molecule has 3 aromatic carbocycles. The lowest BCUT2D eigenvalue weighted by Gasteiger charge is -2.40. The van der Waals surface area contributed by atoms with Crippen LogP contribution in [-0.2, 0) is 15.1 Å². The van der Waals surface area contributed by atoms with Crippen LogP contribution in [0.4, 0.5) is 27.6 Å². The average molecular weight is 677 g/mol. The molecule has 45 heavy (non-hydrogen) atoms. The lowest BCUT2D eigenvalue weighted by atomic mass is 9.68. The standard InChI is InChI=1S/C31H32Cl2F5N3O4/c1-29(2,3)14-23-30(39,18-10-9-16(32)13-20(18)34)24(17-6-5-7-19(33)25(17)35)26(41-23)27(42)40-21-11-8-15(28(43)44-4)12-22(21)45-31(36,37)38/h5-13,23-24,26,28,41,43H,14,39H2,1-4H3,(H,40,42)/t23-,24-,26+,28?,30+/m0/s1. The maximum atomic E-state index is 15.8. The van der Waals surface area contributed by atoms with Gasteiger partial charge in [-0.3, -0.25) is 4.79 Å². The molecule has 5 atom stereocenters. The summed E-state index contributed by atoms with van der Waals surface area (Å²) in [7, 11) is 1.14. The largest absolute Gasteiger partial charge is 0.573 e. The molecule has 0 aliphatic carbocycles. The third kappa shape index (κ3) is 7.53. The number of nitrogens with two attached hydrogens (primary N) is 1. The first-order chi connectivity index (χ1) is 20.9. The van der Waals surface area contributed by atoms with E-state index in [1.807, 2.05) is 20.8 Å². The molecule has 1 amide bonds. The minimum atomic E-state index is -5.16. The van der Waals surface area contributed by atoms with Crippen LogP contribution >= 0.6 is 23.2 Å². The van der Waals surface area contributed by atoms with E-state index in [0.717, 1.165) is 25.3 Å². The highest BCUT2D eigenvalue weighted by Gasteiger charge is 2.58. The summed E-state index contributed by atoms with van der Waals surface area (Å²) < 4.78 is 80.4. The van der Waals surface area contributed by atoms with E-state index in [0.29, 0.717) is 0 Å². The summed E-state index contributed by atoms with van der Waals surface area (Å²) in [6.45, 7) is 5.69. The van der Waals surface area contributed by atoms with Gasteiger partial charge in [-0.1, -0.05) is 68.2 Å². The molecule has 0 spiro atoms. The van der Waals surface area contributed by atoms with Crippen molar-refractivity contribution in [1.82, 2.24) is 5.32 Å². The van der Waals surface area contributed by atoms with Crippen molar-refractivity contribution in [3.05, 3.63) is 93.0 Å². The first kappa shape index (κ1) is 34.9. The van der Waals surface area contributed by atoms with Crippen LogP contribution in [0.3, 0.4) is 0 Å². The second-order valence-electron chi connectivity index (χ2n) is 12.0. The Bertz CT molecular complexity index is 1570. The molecule has 0 radical (unpaired) electrons. The molecule has 1 aliphatic heterocycles. The van der Waals surface area contributed by atoms with Crippen molar-refractivity contribution in [3.63, 3.8) is 0 Å². The lowest BCUT2D eigenvalue weighted by molar-refractivity contribution is -0.274. The third-order valence-electron chi connectivity index (χ3n) is 7.62. The Hall–Kier alpha value is -3.00. The van der Waals surface area contributed by atoms with Crippen LogP contribution < -0.4 is 21.1 Å². The Morgan fingerprint density at radius 3 is 2.40 bits per heavy atom. The Morgan fingerprint density at radius 2 is 1.80 bits per heavy atom. The maximum Gasteiger partial charge on any atom is 0.573 e. The number of methoxy groups -OCH3 is 1. The molecule has 1 aliphatic rings. The Labute approximate surface area is 266 Å². The minimum Gasteiger partial charge on any atom is -0.404 e. The van der Waals surface area contributed by atoms with Gasteiger partial charge >= 0.3 is 6.36 Å². The minimum absolute atomic E-state index is 0.0627. The normalized spacial score (nSPS) is 22.7. The van der Waals surface area contributed by atoms with Gasteiger partial charge in [-0.2, -0.15) is 0 Å². The molecular formula is C31H32Cl2F5N3O4. The molecule has 0 aromatic heterocycles. The number of aliphatic hydroxyl groups is 1. The molecule has 244 valence electrons. The molecule has 5 N–H and O–H groups in total. The summed E-state index contributed by atoms with van der Waals surface area (Å²) in [5.74, 6) is -4.80. The number of halogens is 7. The molecule has 1 fully saturated rings. The summed E-state index contributed by atoms with van der Waals surface area (Å²) in [5.41, 5.74) is 4.20. The van der Waals surface area contributed by atoms with E-state index in [1.54, 1.807) is 0 Å². The molecule has 1 saturated heterocycles. The van der Waals surface area contributed by atoms with E-state index in [4.69, 9.17) is 33.7 Å². The molecule has 14 heteroatoms. The lowest BCUT2D eigenvalue weighted by Crippen LogP contribution is -2.52. The smallest absolute Gasteiger partial charge is 0.404 e. The van der Waals surface area contributed by atoms with Gasteiger partial charge in [-0.25, -0.2) is 8.78 Å². The van der Waals surface area contributed by atoms with E-state index in [2.05, 4.69) is 15.4 Å². The van der Waals surface area contributed by atoms with Crippen molar-refractivity contribution in [2.75, 3.05) is 12.4 Å². The van der Waals surface area contributed by atoms with Gasteiger partial charge in [0, 0.05) is 35.2 Å². The summed E-state index contributed by atoms with van der Waals surface area (Å²) in [6, 6.07) is 8.80. The fourth-order valence-corrected chi connectivity index (χ4v) is 6.10. The molecule has 4 rings (SSSR count). The van der Waals surface area contributed by atoms with Crippen molar-refractivity contribution in [2.24, 2.45) is 11.1 Å². The second-order valence-corrected chi connectivity index (χ2v) is 12.9. The molecule has 0 bridgehead atoms. The van der Waals surface area contributed by atoms with Gasteiger partial charge in [0.25, 0.3) is 0 Å². The summed E-state index contributed by atoms with van der Waals surface area (Å²) in [6.07, 6.45) is -6.48. The van der Waals surface area contributed by atoms with E-state index in [1.165, 1.54) is 36.4 Å². The number of carbonyl (C=O) groups excluding carboxylic acids is 1. The molecule has 7 nitrogen and oxygen atoms in total. The molecule has 0 saturated carbocycles. The molecular weight excluding hydrogens is 644 g/mol. The predicted molar refractivity (Wildman–Crippen MR) is 160 cm³/mol. The molecule has 1 unspecified atom stereocenters. The highest BCUT2D eigenvalue weighted by atomic mass is 35.5. The number of benzene rings is 3. The van der Waals surface area contributed by atoms with Crippen LogP contribution in [0.2, 0.25) is 10.0 Å². The van der Waals surface area contributed by atoms with Crippen molar-refractivity contribution in [2.45, 2.75) is 63.4 Å². The topological polar surface area (TPSA) is 106 Å². The predicted octanol–water partition coefficient (Wildman–Crippen LogP) is 7.16. The average Bonchev–Trinajstić information content (AvgIpc) is 3.20. The zero-order chi connectivity index (χ0) is 33.5. The van der Waals surface area contributed by atoms with Gasteiger partial charge < -0.3 is 30.9 Å². The van der Waals surface area contributed by atoms with Crippen molar-refractivity contribution < 1.29 is 41.3 Å². The maximum absolute atomic E-state index is 15.8. The summed E-state index contributed by atoms with van der Waals surface area (Å²) in [5, 5.41) is 15.3. The second kappa shape index (κ2) is 13.0. The van der Waals surface area contributed by atoms with Crippen molar-refractivity contribution >= 4 is 34.8 Å². The first-order valence-corrected chi connectivity index (χ1v) is 14.5. The van der Waals surface area contributed by atoms with Crippen LogP contribution in [0.25, 0.3) is 0 Å².